The van der Waals surface area contributed by atoms with Gasteiger partial charge in [0.25, 0.3) is 0 Å². The molecule has 1 aliphatic rings. The lowest BCUT2D eigenvalue weighted by Gasteiger charge is -2.25. The highest BCUT2D eigenvalue weighted by atomic mass is 79.9. The molecular formula is C14H16BrN3. The Morgan fingerprint density at radius 2 is 2.28 bits per heavy atom. The number of halogens is 1. The van der Waals surface area contributed by atoms with Crippen LogP contribution in [0.3, 0.4) is 0 Å². The molecule has 4 heteroatoms. The van der Waals surface area contributed by atoms with Gasteiger partial charge in [-0.25, -0.2) is 0 Å². The molecular weight excluding hydrogens is 290 g/mol. The highest BCUT2D eigenvalue weighted by molar-refractivity contribution is 9.10. The molecule has 1 aromatic heterocycles. The molecule has 0 aliphatic heterocycles. The van der Waals surface area contributed by atoms with Crippen molar-refractivity contribution < 1.29 is 0 Å². The first-order valence-electron chi connectivity index (χ1n) is 6.20. The Balaban J connectivity index is 1.76. The van der Waals surface area contributed by atoms with Crippen LogP contribution in [0.1, 0.15) is 23.6 Å². The van der Waals surface area contributed by atoms with E-state index in [1.54, 1.807) is 0 Å². The summed E-state index contributed by atoms with van der Waals surface area (Å²) in [6, 6.07) is 9.28. The van der Waals surface area contributed by atoms with Gasteiger partial charge in [0.2, 0.25) is 0 Å². The zero-order valence-corrected chi connectivity index (χ0v) is 12.0. The van der Waals surface area contributed by atoms with Crippen LogP contribution in [0.4, 0.5) is 0 Å². The van der Waals surface area contributed by atoms with Crippen LogP contribution < -0.4 is 0 Å². The van der Waals surface area contributed by atoms with Crippen LogP contribution in [0, 0.1) is 0 Å². The minimum atomic E-state index is 0.518. The van der Waals surface area contributed by atoms with Crippen LogP contribution in [-0.2, 0) is 13.1 Å². The molecule has 1 atom stereocenters. The van der Waals surface area contributed by atoms with E-state index >= 15 is 0 Å². The van der Waals surface area contributed by atoms with Gasteiger partial charge in [-0.3, -0.25) is 9.58 Å². The molecule has 0 fully saturated rings. The van der Waals surface area contributed by atoms with E-state index in [1.807, 2.05) is 17.1 Å². The summed E-state index contributed by atoms with van der Waals surface area (Å²) in [4.78, 5) is 2.37. The average Bonchev–Trinajstić information content (AvgIpc) is 2.95. The second-order valence-electron chi connectivity index (χ2n) is 4.85. The average molecular weight is 306 g/mol. The van der Waals surface area contributed by atoms with E-state index in [9.17, 15) is 0 Å². The number of nitrogens with zero attached hydrogens (tertiary/aromatic N) is 3. The van der Waals surface area contributed by atoms with Crippen molar-refractivity contribution in [2.75, 3.05) is 7.05 Å². The van der Waals surface area contributed by atoms with E-state index in [-0.39, 0.29) is 0 Å². The molecule has 0 bridgehead atoms. The number of aromatic nitrogens is 2. The first kappa shape index (κ1) is 11.9. The molecule has 3 nitrogen and oxygen atoms in total. The highest BCUT2D eigenvalue weighted by Gasteiger charge is 2.25. The van der Waals surface area contributed by atoms with Crippen LogP contribution >= 0.6 is 15.9 Å². The lowest BCUT2D eigenvalue weighted by molar-refractivity contribution is 0.183. The maximum atomic E-state index is 4.31. The van der Waals surface area contributed by atoms with Crippen LogP contribution in [-0.4, -0.2) is 21.7 Å². The quantitative estimate of drug-likeness (QED) is 0.868. The summed E-state index contributed by atoms with van der Waals surface area (Å²) in [6.07, 6.45) is 6.24. The topological polar surface area (TPSA) is 21.1 Å². The normalized spacial score (nSPS) is 18.3. The van der Waals surface area contributed by atoms with E-state index in [0.717, 1.165) is 11.1 Å². The lowest BCUT2D eigenvalue weighted by Crippen LogP contribution is -2.26. The summed E-state index contributed by atoms with van der Waals surface area (Å²) in [5, 5.41) is 4.31. The van der Waals surface area contributed by atoms with Gasteiger partial charge in [0, 0.05) is 12.2 Å². The third-order valence-corrected chi connectivity index (χ3v) is 4.01. The molecule has 1 aliphatic carbocycles. The fourth-order valence-electron chi connectivity index (χ4n) is 2.74. The fraction of sp³-hybridized carbons (Fsp3) is 0.357. The van der Waals surface area contributed by atoms with Gasteiger partial charge in [-0.05, 0) is 46.9 Å². The maximum absolute atomic E-state index is 4.31. The molecule has 0 spiro atoms. The zero-order chi connectivity index (χ0) is 12.5. The number of hydrogen-bond acceptors (Lipinski definition) is 2. The molecule has 0 radical (unpaired) electrons. The van der Waals surface area contributed by atoms with Crippen molar-refractivity contribution in [2.45, 2.75) is 25.6 Å². The summed E-state index contributed by atoms with van der Waals surface area (Å²) >= 11 is 3.43. The summed E-state index contributed by atoms with van der Waals surface area (Å²) in [6.45, 7) is 0.824. The Labute approximate surface area is 116 Å². The van der Waals surface area contributed by atoms with Gasteiger partial charge in [0.05, 0.1) is 17.3 Å². The highest BCUT2D eigenvalue weighted by Crippen LogP contribution is 2.34. The number of hydrogen-bond donors (Lipinski definition) is 0. The van der Waals surface area contributed by atoms with E-state index in [1.165, 1.54) is 24.0 Å². The smallest absolute Gasteiger partial charge is 0.0931 e. The summed E-state index contributed by atoms with van der Waals surface area (Å²) in [5.74, 6) is 0. The Bertz CT molecular complexity index is 549. The van der Waals surface area contributed by atoms with E-state index in [2.05, 4.69) is 57.2 Å². The Morgan fingerprint density at radius 3 is 3.06 bits per heavy atom. The van der Waals surface area contributed by atoms with Crippen molar-refractivity contribution in [2.24, 2.45) is 0 Å². The minimum Gasteiger partial charge on any atom is -0.280 e. The minimum absolute atomic E-state index is 0.518. The maximum Gasteiger partial charge on any atom is 0.0931 e. The Kier molecular flexibility index (Phi) is 3.22. The molecule has 1 heterocycles. The molecule has 2 aromatic rings. The Hall–Kier alpha value is -1.13. The second-order valence-corrected chi connectivity index (χ2v) is 5.77. The van der Waals surface area contributed by atoms with Crippen LogP contribution in [0.15, 0.2) is 41.1 Å². The largest absolute Gasteiger partial charge is 0.280 e. The van der Waals surface area contributed by atoms with Crippen molar-refractivity contribution in [1.82, 2.24) is 14.7 Å². The van der Waals surface area contributed by atoms with E-state index in [4.69, 9.17) is 0 Å². The van der Waals surface area contributed by atoms with Gasteiger partial charge in [0.1, 0.15) is 0 Å². The Morgan fingerprint density at radius 1 is 1.44 bits per heavy atom. The van der Waals surface area contributed by atoms with Crippen molar-refractivity contribution >= 4 is 15.9 Å². The molecule has 0 saturated carbocycles. The number of fused-ring (bicyclic) bond motifs is 1. The van der Waals surface area contributed by atoms with Gasteiger partial charge < -0.3 is 0 Å². The first-order chi connectivity index (χ1) is 8.74. The van der Waals surface area contributed by atoms with Crippen molar-refractivity contribution in [3.05, 3.63) is 52.3 Å². The van der Waals surface area contributed by atoms with Gasteiger partial charge in [-0.1, -0.05) is 24.3 Å². The predicted octanol–water partition coefficient (Wildman–Crippen LogP) is 3.22. The van der Waals surface area contributed by atoms with Gasteiger partial charge in [-0.2, -0.15) is 5.10 Å². The van der Waals surface area contributed by atoms with Gasteiger partial charge >= 0.3 is 0 Å². The molecule has 1 unspecified atom stereocenters. The molecule has 0 amide bonds. The first-order valence-corrected chi connectivity index (χ1v) is 6.99. The lowest BCUT2D eigenvalue weighted by atomic mass is 10.1. The molecule has 0 N–H and O–H groups in total. The zero-order valence-electron chi connectivity index (χ0n) is 10.4. The van der Waals surface area contributed by atoms with Crippen molar-refractivity contribution in [3.63, 3.8) is 0 Å². The van der Waals surface area contributed by atoms with E-state index < -0.39 is 0 Å². The molecule has 3 rings (SSSR count). The van der Waals surface area contributed by atoms with Gasteiger partial charge in [-0.15, -0.1) is 0 Å². The second kappa shape index (κ2) is 4.86. The molecule has 0 saturated heterocycles. The predicted molar refractivity (Wildman–Crippen MR) is 75.2 cm³/mol. The van der Waals surface area contributed by atoms with Crippen LogP contribution in [0.2, 0.25) is 0 Å². The van der Waals surface area contributed by atoms with E-state index in [0.29, 0.717) is 6.04 Å². The fourth-order valence-corrected chi connectivity index (χ4v) is 3.06. The van der Waals surface area contributed by atoms with Crippen LogP contribution in [0.5, 0.6) is 0 Å². The number of aryl methyl sites for hydroxylation is 1. The van der Waals surface area contributed by atoms with Crippen molar-refractivity contribution in [1.29, 1.82) is 0 Å². The van der Waals surface area contributed by atoms with Crippen molar-refractivity contribution in [3.8, 4) is 0 Å². The summed E-state index contributed by atoms with van der Waals surface area (Å²) in [5.41, 5.74) is 2.97. The molecule has 94 valence electrons. The standard InChI is InChI=1S/C14H16BrN3/c1-17(10-18-9-12(15)8-16-18)14-7-6-11-4-2-3-5-13(11)14/h2-5,8-9,14H,6-7,10H2,1H3. The molecule has 1 aromatic carbocycles. The SMILES string of the molecule is CN(Cn1cc(Br)cn1)C1CCc2ccccc21. The molecule has 18 heavy (non-hydrogen) atoms. The monoisotopic (exact) mass is 305 g/mol. The summed E-state index contributed by atoms with van der Waals surface area (Å²) in [7, 11) is 2.17. The third-order valence-electron chi connectivity index (χ3n) is 3.60. The third kappa shape index (κ3) is 2.22. The summed E-state index contributed by atoms with van der Waals surface area (Å²) < 4.78 is 2.99. The van der Waals surface area contributed by atoms with Gasteiger partial charge in [0.15, 0.2) is 0 Å². The number of benzene rings is 1. The number of rotatable bonds is 3. The van der Waals surface area contributed by atoms with Crippen LogP contribution in [0.25, 0.3) is 0 Å².